The fourth-order valence-electron chi connectivity index (χ4n) is 2.24. The maximum Gasteiger partial charge on any atom is 0.237 e. The maximum absolute atomic E-state index is 12.6. The minimum absolute atomic E-state index is 0.0607. The van der Waals surface area contributed by atoms with E-state index in [9.17, 15) is 4.79 Å². The molecule has 1 aromatic carbocycles. The van der Waals surface area contributed by atoms with E-state index in [1.54, 1.807) is 4.90 Å². The number of carbonyl (C=O) groups excluding carboxylic acids is 1. The van der Waals surface area contributed by atoms with Crippen molar-refractivity contribution in [1.82, 2.24) is 0 Å². The van der Waals surface area contributed by atoms with E-state index < -0.39 is 5.41 Å². The highest BCUT2D eigenvalue weighted by Crippen LogP contribution is 2.43. The summed E-state index contributed by atoms with van der Waals surface area (Å²) in [6.07, 6.45) is 0. The zero-order valence-corrected chi connectivity index (χ0v) is 12.4. The lowest BCUT2D eigenvalue weighted by molar-refractivity contribution is -0.124. The second-order valence-corrected chi connectivity index (χ2v) is 6.72. The Morgan fingerprint density at radius 3 is 2.33 bits per heavy atom. The Hall–Kier alpha value is -1.22. The van der Waals surface area contributed by atoms with Gasteiger partial charge in [0.15, 0.2) is 0 Å². The van der Waals surface area contributed by atoms with Crippen molar-refractivity contribution in [2.75, 3.05) is 4.90 Å². The Kier molecular flexibility index (Phi) is 2.85. The molecule has 0 fully saturated rings. The molecule has 18 heavy (non-hydrogen) atoms. The molecule has 0 spiro atoms. The summed E-state index contributed by atoms with van der Waals surface area (Å²) in [6, 6.07) is 7.97. The highest BCUT2D eigenvalue weighted by Gasteiger charge is 2.45. The first kappa shape index (κ1) is 13.2. The van der Waals surface area contributed by atoms with Crippen LogP contribution in [0.3, 0.4) is 0 Å². The molecule has 0 N–H and O–H groups in total. The highest BCUT2D eigenvalue weighted by atomic mass is 32.1. The van der Waals surface area contributed by atoms with E-state index in [1.165, 1.54) is 0 Å². The van der Waals surface area contributed by atoms with Crippen molar-refractivity contribution in [1.29, 1.82) is 0 Å². The molecular formula is C15H19NOS. The zero-order valence-electron chi connectivity index (χ0n) is 11.6. The van der Waals surface area contributed by atoms with Crippen molar-refractivity contribution < 1.29 is 4.79 Å². The van der Waals surface area contributed by atoms with Crippen molar-refractivity contribution in [3.8, 4) is 0 Å². The minimum Gasteiger partial charge on any atom is -0.273 e. The van der Waals surface area contributed by atoms with Crippen molar-refractivity contribution in [3.05, 3.63) is 29.8 Å². The lowest BCUT2D eigenvalue weighted by Gasteiger charge is -2.28. The standard InChI is InChI=1S/C15H19NOS/c1-14(2,3)12(17)16-11-9-7-6-8-10(11)15(4,5)13(16)18/h6-9H,1-5H3. The largest absolute Gasteiger partial charge is 0.273 e. The fraction of sp³-hybridized carbons (Fsp3) is 0.467. The third-order valence-corrected chi connectivity index (χ3v) is 4.09. The number of hydrogen-bond donors (Lipinski definition) is 0. The number of rotatable bonds is 0. The van der Waals surface area contributed by atoms with Gasteiger partial charge in [-0.05, 0) is 25.5 Å². The number of amides is 1. The average Bonchev–Trinajstić information content (AvgIpc) is 2.46. The van der Waals surface area contributed by atoms with Crippen molar-refractivity contribution in [3.63, 3.8) is 0 Å². The van der Waals surface area contributed by atoms with Gasteiger partial charge in [0.2, 0.25) is 5.91 Å². The molecule has 1 aromatic rings. The van der Waals surface area contributed by atoms with Gasteiger partial charge in [-0.1, -0.05) is 51.2 Å². The van der Waals surface area contributed by atoms with E-state index in [-0.39, 0.29) is 11.3 Å². The zero-order chi connectivity index (χ0) is 13.7. The summed E-state index contributed by atoms with van der Waals surface area (Å²) in [6.45, 7) is 9.91. The summed E-state index contributed by atoms with van der Waals surface area (Å²) < 4.78 is 0. The number of anilines is 1. The third-order valence-electron chi connectivity index (χ3n) is 3.40. The molecular weight excluding hydrogens is 242 g/mol. The van der Waals surface area contributed by atoms with Crippen LogP contribution in [0.15, 0.2) is 24.3 Å². The number of hydrogen-bond acceptors (Lipinski definition) is 2. The van der Waals surface area contributed by atoms with E-state index in [0.717, 1.165) is 11.3 Å². The Morgan fingerprint density at radius 1 is 1.22 bits per heavy atom. The monoisotopic (exact) mass is 261 g/mol. The van der Waals surface area contributed by atoms with Crippen LogP contribution in [0.25, 0.3) is 0 Å². The Labute approximate surface area is 114 Å². The molecule has 0 aromatic heterocycles. The molecule has 0 radical (unpaired) electrons. The van der Waals surface area contributed by atoms with Crippen LogP contribution in [-0.4, -0.2) is 10.9 Å². The second kappa shape index (κ2) is 3.89. The lowest BCUT2D eigenvalue weighted by atomic mass is 9.87. The summed E-state index contributed by atoms with van der Waals surface area (Å²) >= 11 is 5.53. The summed E-state index contributed by atoms with van der Waals surface area (Å²) in [5.74, 6) is 0.0607. The number of carbonyl (C=O) groups is 1. The van der Waals surface area contributed by atoms with Crippen molar-refractivity contribution >= 4 is 28.8 Å². The number of fused-ring (bicyclic) bond motifs is 1. The summed E-state index contributed by atoms with van der Waals surface area (Å²) in [7, 11) is 0. The van der Waals surface area contributed by atoms with E-state index in [2.05, 4.69) is 19.9 Å². The minimum atomic E-state index is -0.433. The first-order chi connectivity index (χ1) is 8.17. The molecule has 1 aliphatic rings. The smallest absolute Gasteiger partial charge is 0.237 e. The molecule has 96 valence electrons. The van der Waals surface area contributed by atoms with Gasteiger partial charge >= 0.3 is 0 Å². The Balaban J connectivity index is 2.59. The number of para-hydroxylation sites is 1. The van der Waals surface area contributed by atoms with Gasteiger partial charge in [0.05, 0.1) is 10.7 Å². The van der Waals surface area contributed by atoms with E-state index in [4.69, 9.17) is 12.2 Å². The topological polar surface area (TPSA) is 20.3 Å². The quantitative estimate of drug-likeness (QED) is 0.664. The van der Waals surface area contributed by atoms with Gasteiger partial charge in [-0.3, -0.25) is 9.69 Å². The molecule has 0 atom stereocenters. The first-order valence-electron chi connectivity index (χ1n) is 6.16. The van der Waals surface area contributed by atoms with Gasteiger partial charge in [0.25, 0.3) is 0 Å². The van der Waals surface area contributed by atoms with Gasteiger partial charge < -0.3 is 0 Å². The number of thiocarbonyl (C=S) groups is 1. The van der Waals surface area contributed by atoms with Gasteiger partial charge in [0, 0.05) is 10.8 Å². The summed E-state index contributed by atoms with van der Waals surface area (Å²) in [5, 5.41) is 0. The number of benzene rings is 1. The van der Waals surface area contributed by atoms with Gasteiger partial charge in [-0.2, -0.15) is 0 Å². The molecule has 1 aliphatic heterocycles. The SMILES string of the molecule is CC(C)(C)C(=O)N1C(=S)C(C)(C)c2ccccc21. The van der Waals surface area contributed by atoms with Crippen LogP contribution in [0.5, 0.6) is 0 Å². The molecule has 0 saturated carbocycles. The fourth-order valence-corrected chi connectivity index (χ4v) is 2.53. The van der Waals surface area contributed by atoms with Gasteiger partial charge in [0.1, 0.15) is 0 Å². The van der Waals surface area contributed by atoms with Crippen LogP contribution in [0, 0.1) is 5.41 Å². The molecule has 1 amide bonds. The molecule has 0 unspecified atom stereocenters. The molecule has 0 bridgehead atoms. The van der Waals surface area contributed by atoms with E-state index >= 15 is 0 Å². The maximum atomic E-state index is 12.6. The van der Waals surface area contributed by atoms with Crippen LogP contribution in [0.2, 0.25) is 0 Å². The first-order valence-corrected chi connectivity index (χ1v) is 6.56. The van der Waals surface area contributed by atoms with Gasteiger partial charge in [-0.25, -0.2) is 0 Å². The molecule has 2 nitrogen and oxygen atoms in total. The van der Waals surface area contributed by atoms with Gasteiger partial charge in [-0.15, -0.1) is 0 Å². The van der Waals surface area contributed by atoms with Crippen LogP contribution in [-0.2, 0) is 10.2 Å². The predicted molar refractivity (Wildman–Crippen MR) is 79.0 cm³/mol. The van der Waals surface area contributed by atoms with Crippen LogP contribution < -0.4 is 4.90 Å². The van der Waals surface area contributed by atoms with Crippen LogP contribution in [0.4, 0.5) is 5.69 Å². The normalized spacial score (nSPS) is 17.8. The van der Waals surface area contributed by atoms with Crippen LogP contribution >= 0.6 is 12.2 Å². The molecule has 2 rings (SSSR count). The lowest BCUT2D eigenvalue weighted by Crippen LogP contribution is -2.44. The van der Waals surface area contributed by atoms with E-state index in [0.29, 0.717) is 4.99 Å². The Bertz CT molecular complexity index is 518. The molecule has 0 saturated heterocycles. The highest BCUT2D eigenvalue weighted by molar-refractivity contribution is 7.81. The molecule has 1 heterocycles. The Morgan fingerprint density at radius 2 is 1.78 bits per heavy atom. The summed E-state index contributed by atoms with van der Waals surface area (Å²) in [5.41, 5.74) is 1.38. The average molecular weight is 261 g/mol. The van der Waals surface area contributed by atoms with E-state index in [1.807, 2.05) is 39.0 Å². The predicted octanol–water partition coefficient (Wildman–Crippen LogP) is 3.68. The van der Waals surface area contributed by atoms with Crippen LogP contribution in [0.1, 0.15) is 40.2 Å². The molecule has 3 heteroatoms. The molecule has 0 aliphatic carbocycles. The van der Waals surface area contributed by atoms with Crippen molar-refractivity contribution in [2.45, 2.75) is 40.0 Å². The second-order valence-electron chi connectivity index (χ2n) is 6.34. The number of nitrogens with zero attached hydrogens (tertiary/aromatic N) is 1. The third kappa shape index (κ3) is 1.77. The summed E-state index contributed by atoms with van der Waals surface area (Å²) in [4.78, 5) is 15.0. The van der Waals surface area contributed by atoms with Crippen molar-refractivity contribution in [2.24, 2.45) is 5.41 Å².